The van der Waals surface area contributed by atoms with Gasteiger partial charge >= 0.3 is 0 Å². The molecule has 1 amide bonds. The summed E-state index contributed by atoms with van der Waals surface area (Å²) in [6.07, 6.45) is 0. The molecule has 0 saturated carbocycles. The number of carbonyl (C=O) groups excluding carboxylic acids is 1. The number of amides is 1. The Bertz CT molecular complexity index is 1320. The molecule has 0 atom stereocenters. The van der Waals surface area contributed by atoms with Gasteiger partial charge in [0.1, 0.15) is 18.2 Å². The van der Waals surface area contributed by atoms with E-state index in [9.17, 15) is 4.79 Å². The van der Waals surface area contributed by atoms with Crippen molar-refractivity contribution in [1.82, 2.24) is 14.9 Å². The van der Waals surface area contributed by atoms with Crippen LogP contribution in [0, 0.1) is 6.92 Å². The van der Waals surface area contributed by atoms with Crippen LogP contribution in [0.2, 0.25) is 5.02 Å². The fourth-order valence-corrected chi connectivity index (χ4v) is 3.83. The highest BCUT2D eigenvalue weighted by Gasteiger charge is 2.14. The molecule has 0 aliphatic rings. The number of hydrogen-bond acceptors (Lipinski definition) is 5. The van der Waals surface area contributed by atoms with Gasteiger partial charge in [-0.1, -0.05) is 23.7 Å². The second kappa shape index (κ2) is 10.5. The molecular formula is C26H26ClN3O4. The lowest BCUT2D eigenvalue weighted by Crippen LogP contribution is -2.25. The molecule has 0 aliphatic carbocycles. The summed E-state index contributed by atoms with van der Waals surface area (Å²) in [5.74, 6) is 2.33. The molecule has 4 aromatic rings. The van der Waals surface area contributed by atoms with Crippen molar-refractivity contribution in [3.8, 4) is 17.2 Å². The topological polar surface area (TPSA) is 74.6 Å². The third kappa shape index (κ3) is 5.10. The summed E-state index contributed by atoms with van der Waals surface area (Å²) in [6, 6.07) is 18.5. The molecule has 0 radical (unpaired) electrons. The van der Waals surface area contributed by atoms with E-state index in [2.05, 4.69) is 9.88 Å². The van der Waals surface area contributed by atoms with Crippen LogP contribution < -0.4 is 19.5 Å². The zero-order chi connectivity index (χ0) is 24.1. The van der Waals surface area contributed by atoms with E-state index >= 15 is 0 Å². The van der Waals surface area contributed by atoms with Gasteiger partial charge in [0.25, 0.3) is 5.91 Å². The van der Waals surface area contributed by atoms with Gasteiger partial charge in [0.15, 0.2) is 11.5 Å². The van der Waals surface area contributed by atoms with Gasteiger partial charge in [0.05, 0.1) is 38.3 Å². The third-order valence-corrected chi connectivity index (χ3v) is 5.92. The summed E-state index contributed by atoms with van der Waals surface area (Å²) < 4.78 is 18.5. The van der Waals surface area contributed by atoms with Crippen molar-refractivity contribution < 1.29 is 19.0 Å². The lowest BCUT2D eigenvalue weighted by atomic mass is 10.2. The zero-order valence-electron chi connectivity index (χ0n) is 19.3. The SMILES string of the molecule is COc1ccc(C(=O)NCc2nc3ccccc3n2CCOc2ccc(Cl)c(C)c2)cc1OC. The number of hydrogen-bond donors (Lipinski definition) is 1. The normalized spacial score (nSPS) is 10.8. The van der Waals surface area contributed by atoms with Crippen LogP contribution in [0.15, 0.2) is 60.7 Å². The second-order valence-electron chi connectivity index (χ2n) is 7.68. The highest BCUT2D eigenvalue weighted by Crippen LogP contribution is 2.27. The molecule has 1 aromatic heterocycles. The van der Waals surface area contributed by atoms with Crippen molar-refractivity contribution in [3.63, 3.8) is 0 Å². The lowest BCUT2D eigenvalue weighted by Gasteiger charge is -2.13. The summed E-state index contributed by atoms with van der Waals surface area (Å²) in [5.41, 5.74) is 3.28. The molecule has 1 heterocycles. The maximum Gasteiger partial charge on any atom is 0.251 e. The fraction of sp³-hybridized carbons (Fsp3) is 0.231. The van der Waals surface area contributed by atoms with E-state index in [1.807, 2.05) is 49.4 Å². The van der Waals surface area contributed by atoms with Crippen LogP contribution in [-0.2, 0) is 13.1 Å². The van der Waals surface area contributed by atoms with E-state index in [1.165, 1.54) is 7.11 Å². The maximum atomic E-state index is 12.8. The fourth-order valence-electron chi connectivity index (χ4n) is 3.71. The Morgan fingerprint density at radius 3 is 2.59 bits per heavy atom. The van der Waals surface area contributed by atoms with Crippen molar-refractivity contribution >= 4 is 28.5 Å². The Morgan fingerprint density at radius 2 is 1.82 bits per heavy atom. The van der Waals surface area contributed by atoms with Crippen molar-refractivity contribution in [2.24, 2.45) is 0 Å². The van der Waals surface area contributed by atoms with Crippen LogP contribution in [0.1, 0.15) is 21.7 Å². The van der Waals surface area contributed by atoms with Gasteiger partial charge in [-0.3, -0.25) is 4.79 Å². The third-order valence-electron chi connectivity index (χ3n) is 5.50. The molecule has 34 heavy (non-hydrogen) atoms. The zero-order valence-corrected chi connectivity index (χ0v) is 20.1. The van der Waals surface area contributed by atoms with E-state index in [4.69, 9.17) is 30.8 Å². The largest absolute Gasteiger partial charge is 0.493 e. The number of fused-ring (bicyclic) bond motifs is 1. The standard InChI is InChI=1S/C26H26ClN3O4/c1-17-14-19(9-10-20(17)27)34-13-12-30-22-7-5-4-6-21(22)29-25(30)16-28-26(31)18-8-11-23(32-2)24(15-18)33-3/h4-11,14-15H,12-13,16H2,1-3H3,(H,28,31). The van der Waals surface area contributed by atoms with E-state index in [1.54, 1.807) is 25.3 Å². The number of aromatic nitrogens is 2. The molecule has 0 bridgehead atoms. The number of nitrogens with one attached hydrogen (secondary N) is 1. The molecule has 0 saturated heterocycles. The molecule has 1 N–H and O–H groups in total. The second-order valence-corrected chi connectivity index (χ2v) is 8.09. The number of ether oxygens (including phenoxy) is 3. The molecule has 176 valence electrons. The molecule has 0 spiro atoms. The van der Waals surface area contributed by atoms with Gasteiger partial charge < -0.3 is 24.1 Å². The maximum absolute atomic E-state index is 12.8. The van der Waals surface area contributed by atoms with Crippen LogP contribution in [-0.4, -0.2) is 36.3 Å². The van der Waals surface area contributed by atoms with Gasteiger partial charge in [0.2, 0.25) is 0 Å². The number of methoxy groups -OCH3 is 2. The summed E-state index contributed by atoms with van der Waals surface area (Å²) in [6.45, 7) is 3.22. The Labute approximate surface area is 203 Å². The molecular weight excluding hydrogens is 454 g/mol. The van der Waals surface area contributed by atoms with Crippen molar-refractivity contribution in [2.75, 3.05) is 20.8 Å². The number of rotatable bonds is 9. The van der Waals surface area contributed by atoms with Crippen molar-refractivity contribution in [3.05, 3.63) is 82.6 Å². The van der Waals surface area contributed by atoms with Crippen LogP contribution in [0.4, 0.5) is 0 Å². The number of aryl methyl sites for hydroxylation is 1. The van der Waals surface area contributed by atoms with Crippen molar-refractivity contribution in [2.45, 2.75) is 20.0 Å². The van der Waals surface area contributed by atoms with Crippen LogP contribution in [0.25, 0.3) is 11.0 Å². The number of nitrogens with zero attached hydrogens (tertiary/aromatic N) is 2. The lowest BCUT2D eigenvalue weighted by molar-refractivity contribution is 0.0949. The summed E-state index contributed by atoms with van der Waals surface area (Å²) in [7, 11) is 3.09. The average Bonchev–Trinajstić information content (AvgIpc) is 3.21. The van der Waals surface area contributed by atoms with E-state index in [0.717, 1.165) is 28.2 Å². The predicted octanol–water partition coefficient (Wildman–Crippen LogP) is 5.02. The molecule has 4 rings (SSSR count). The molecule has 0 unspecified atom stereocenters. The number of benzene rings is 3. The Kier molecular flexibility index (Phi) is 7.23. The monoisotopic (exact) mass is 479 g/mol. The first-order valence-electron chi connectivity index (χ1n) is 10.8. The molecule has 0 fully saturated rings. The quantitative estimate of drug-likeness (QED) is 0.364. The Morgan fingerprint density at radius 1 is 1.03 bits per heavy atom. The Hall–Kier alpha value is -3.71. The highest BCUT2D eigenvalue weighted by atomic mass is 35.5. The minimum atomic E-state index is -0.229. The molecule has 7 nitrogen and oxygen atoms in total. The number of halogens is 1. The minimum Gasteiger partial charge on any atom is -0.493 e. The molecule has 3 aromatic carbocycles. The summed E-state index contributed by atoms with van der Waals surface area (Å²) in [4.78, 5) is 17.5. The number of imidazole rings is 1. The first-order chi connectivity index (χ1) is 16.5. The number of para-hydroxylation sites is 2. The van der Waals surface area contributed by atoms with E-state index in [-0.39, 0.29) is 12.5 Å². The van der Waals surface area contributed by atoms with E-state index in [0.29, 0.717) is 35.2 Å². The predicted molar refractivity (Wildman–Crippen MR) is 132 cm³/mol. The first-order valence-corrected chi connectivity index (χ1v) is 11.2. The van der Waals surface area contributed by atoms with Gasteiger partial charge in [-0.2, -0.15) is 0 Å². The Balaban J connectivity index is 1.48. The van der Waals surface area contributed by atoms with Crippen LogP contribution >= 0.6 is 11.6 Å². The molecule has 0 aliphatic heterocycles. The summed E-state index contributed by atoms with van der Waals surface area (Å²) in [5, 5.41) is 3.66. The smallest absolute Gasteiger partial charge is 0.251 e. The molecule has 8 heteroatoms. The first kappa shape index (κ1) is 23.4. The summed E-state index contributed by atoms with van der Waals surface area (Å²) >= 11 is 6.10. The van der Waals surface area contributed by atoms with Gasteiger partial charge in [0, 0.05) is 10.6 Å². The van der Waals surface area contributed by atoms with Crippen molar-refractivity contribution in [1.29, 1.82) is 0 Å². The average molecular weight is 480 g/mol. The van der Waals surface area contributed by atoms with Crippen LogP contribution in [0.3, 0.4) is 0 Å². The van der Waals surface area contributed by atoms with Gasteiger partial charge in [-0.15, -0.1) is 0 Å². The highest BCUT2D eigenvalue weighted by molar-refractivity contribution is 6.31. The van der Waals surface area contributed by atoms with Gasteiger partial charge in [-0.05, 0) is 61.0 Å². The van der Waals surface area contributed by atoms with E-state index < -0.39 is 0 Å². The number of carbonyl (C=O) groups is 1. The minimum absolute atomic E-state index is 0.229. The van der Waals surface area contributed by atoms with Gasteiger partial charge in [-0.25, -0.2) is 4.98 Å². The van der Waals surface area contributed by atoms with Crippen LogP contribution in [0.5, 0.6) is 17.2 Å².